The number of aliphatic hydroxyl groups is 1. The van der Waals surface area contributed by atoms with Crippen molar-refractivity contribution in [2.24, 2.45) is 0 Å². The Morgan fingerprint density at radius 3 is 2.45 bits per heavy atom. The van der Waals surface area contributed by atoms with E-state index in [9.17, 15) is 0 Å². The molecule has 0 amide bonds. The van der Waals surface area contributed by atoms with Gasteiger partial charge in [0.05, 0.1) is 12.7 Å². The molecular formula is C15H26ClNO3. The summed E-state index contributed by atoms with van der Waals surface area (Å²) in [6.07, 6.45) is 1.34. The van der Waals surface area contributed by atoms with E-state index in [1.165, 1.54) is 5.56 Å². The summed E-state index contributed by atoms with van der Waals surface area (Å²) in [6, 6.07) is 7.91. The fourth-order valence-electron chi connectivity index (χ4n) is 1.62. The third-order valence-corrected chi connectivity index (χ3v) is 2.56. The van der Waals surface area contributed by atoms with E-state index in [-0.39, 0.29) is 19.0 Å². The standard InChI is InChI=1S/C15H25NO3.ClH/c1-13(2)18-10-3-8-16-12-14-4-6-15(7-5-14)19-11-9-17;/h4-7,13,16-17H,3,8-12H2,1-2H3;1H. The second-order valence-electron chi connectivity index (χ2n) is 4.67. The normalized spacial score (nSPS) is 10.4. The predicted octanol–water partition coefficient (Wildman–Crippen LogP) is 2.38. The highest BCUT2D eigenvalue weighted by Gasteiger charge is 1.96. The highest BCUT2D eigenvalue weighted by molar-refractivity contribution is 5.85. The second-order valence-corrected chi connectivity index (χ2v) is 4.67. The number of halogens is 1. The summed E-state index contributed by atoms with van der Waals surface area (Å²) in [7, 11) is 0. The van der Waals surface area contributed by atoms with E-state index < -0.39 is 0 Å². The Morgan fingerprint density at radius 2 is 1.85 bits per heavy atom. The molecular weight excluding hydrogens is 278 g/mol. The Kier molecular flexibility index (Phi) is 11.5. The number of ether oxygens (including phenoxy) is 2. The number of nitrogens with one attached hydrogen (secondary N) is 1. The van der Waals surface area contributed by atoms with Crippen LogP contribution >= 0.6 is 12.4 Å². The minimum Gasteiger partial charge on any atom is -0.491 e. The lowest BCUT2D eigenvalue weighted by Gasteiger charge is -2.09. The zero-order chi connectivity index (χ0) is 13.9. The zero-order valence-electron chi connectivity index (χ0n) is 12.3. The highest BCUT2D eigenvalue weighted by Crippen LogP contribution is 2.11. The maximum absolute atomic E-state index is 8.66. The molecule has 0 saturated carbocycles. The molecule has 0 atom stereocenters. The molecule has 0 radical (unpaired) electrons. The van der Waals surface area contributed by atoms with Gasteiger partial charge in [0.1, 0.15) is 12.4 Å². The second kappa shape index (κ2) is 12.0. The molecule has 0 fully saturated rings. The van der Waals surface area contributed by atoms with Gasteiger partial charge < -0.3 is 19.9 Å². The number of hydrogen-bond donors (Lipinski definition) is 2. The first kappa shape index (κ1) is 19.2. The predicted molar refractivity (Wildman–Crippen MR) is 83.7 cm³/mol. The number of hydrogen-bond acceptors (Lipinski definition) is 4. The molecule has 1 aromatic carbocycles. The molecule has 5 heteroatoms. The summed E-state index contributed by atoms with van der Waals surface area (Å²) in [6.45, 7) is 7.09. The van der Waals surface area contributed by atoms with Crippen LogP contribution in [0.3, 0.4) is 0 Å². The minimum atomic E-state index is 0. The van der Waals surface area contributed by atoms with Gasteiger partial charge in [-0.2, -0.15) is 0 Å². The average Bonchev–Trinajstić information content (AvgIpc) is 2.41. The van der Waals surface area contributed by atoms with Gasteiger partial charge in [-0.3, -0.25) is 0 Å². The summed E-state index contributed by atoms with van der Waals surface area (Å²) < 4.78 is 10.8. The van der Waals surface area contributed by atoms with Crippen molar-refractivity contribution in [3.05, 3.63) is 29.8 Å². The van der Waals surface area contributed by atoms with Crippen LogP contribution in [0.5, 0.6) is 5.75 Å². The molecule has 1 rings (SSSR count). The van der Waals surface area contributed by atoms with Crippen molar-refractivity contribution in [1.29, 1.82) is 0 Å². The highest BCUT2D eigenvalue weighted by atomic mass is 35.5. The van der Waals surface area contributed by atoms with Crippen molar-refractivity contribution in [3.8, 4) is 5.75 Å². The van der Waals surface area contributed by atoms with Crippen LogP contribution in [0.1, 0.15) is 25.8 Å². The van der Waals surface area contributed by atoms with Crippen molar-refractivity contribution < 1.29 is 14.6 Å². The molecule has 2 N–H and O–H groups in total. The van der Waals surface area contributed by atoms with Gasteiger partial charge in [-0.1, -0.05) is 12.1 Å². The van der Waals surface area contributed by atoms with Crippen molar-refractivity contribution in [1.82, 2.24) is 5.32 Å². The van der Waals surface area contributed by atoms with Gasteiger partial charge in [0.15, 0.2) is 0 Å². The molecule has 0 aliphatic heterocycles. The average molecular weight is 304 g/mol. The summed E-state index contributed by atoms with van der Waals surface area (Å²) in [5.74, 6) is 0.795. The van der Waals surface area contributed by atoms with Crippen molar-refractivity contribution in [3.63, 3.8) is 0 Å². The van der Waals surface area contributed by atoms with Crippen LogP contribution in [-0.4, -0.2) is 37.6 Å². The number of rotatable bonds is 10. The van der Waals surface area contributed by atoms with Crippen LogP contribution in [0.4, 0.5) is 0 Å². The summed E-state index contributed by atoms with van der Waals surface area (Å²) >= 11 is 0. The van der Waals surface area contributed by atoms with Gasteiger partial charge in [-0.15, -0.1) is 12.4 Å². The van der Waals surface area contributed by atoms with Crippen LogP contribution in [-0.2, 0) is 11.3 Å². The zero-order valence-corrected chi connectivity index (χ0v) is 13.1. The molecule has 116 valence electrons. The van der Waals surface area contributed by atoms with E-state index in [1.54, 1.807) is 0 Å². The lowest BCUT2D eigenvalue weighted by molar-refractivity contribution is 0.0770. The van der Waals surface area contributed by atoms with Crippen LogP contribution in [0.2, 0.25) is 0 Å². The van der Waals surface area contributed by atoms with Crippen LogP contribution in [0.25, 0.3) is 0 Å². The van der Waals surface area contributed by atoms with E-state index in [0.717, 1.165) is 31.9 Å². The topological polar surface area (TPSA) is 50.7 Å². The number of aliphatic hydroxyl groups excluding tert-OH is 1. The van der Waals surface area contributed by atoms with Crippen molar-refractivity contribution in [2.75, 3.05) is 26.4 Å². The van der Waals surface area contributed by atoms with E-state index in [0.29, 0.717) is 12.7 Å². The van der Waals surface area contributed by atoms with Gasteiger partial charge in [-0.25, -0.2) is 0 Å². The molecule has 0 aromatic heterocycles. The van der Waals surface area contributed by atoms with Crippen molar-refractivity contribution in [2.45, 2.75) is 32.9 Å². The molecule has 0 unspecified atom stereocenters. The molecule has 1 aromatic rings. The van der Waals surface area contributed by atoms with E-state index >= 15 is 0 Å². The van der Waals surface area contributed by atoms with E-state index in [4.69, 9.17) is 14.6 Å². The lowest BCUT2D eigenvalue weighted by atomic mass is 10.2. The molecule has 0 spiro atoms. The van der Waals surface area contributed by atoms with E-state index in [1.807, 2.05) is 38.1 Å². The quantitative estimate of drug-likeness (QED) is 0.652. The first-order valence-corrected chi connectivity index (χ1v) is 6.87. The summed E-state index contributed by atoms with van der Waals surface area (Å²) in [4.78, 5) is 0. The lowest BCUT2D eigenvalue weighted by Crippen LogP contribution is -2.17. The van der Waals surface area contributed by atoms with Gasteiger partial charge >= 0.3 is 0 Å². The Balaban J connectivity index is 0.00000361. The third kappa shape index (κ3) is 9.15. The third-order valence-electron chi connectivity index (χ3n) is 2.56. The van der Waals surface area contributed by atoms with E-state index in [2.05, 4.69) is 5.32 Å². The van der Waals surface area contributed by atoms with Gasteiger partial charge in [0.2, 0.25) is 0 Å². The molecule has 4 nitrogen and oxygen atoms in total. The molecule has 20 heavy (non-hydrogen) atoms. The molecule has 0 aliphatic carbocycles. The molecule has 0 aliphatic rings. The largest absolute Gasteiger partial charge is 0.491 e. The SMILES string of the molecule is CC(C)OCCCNCc1ccc(OCCO)cc1.Cl. The van der Waals surface area contributed by atoms with Gasteiger partial charge in [0.25, 0.3) is 0 Å². The van der Waals surface area contributed by atoms with Crippen molar-refractivity contribution >= 4 is 12.4 Å². The Labute approximate surface area is 127 Å². The maximum Gasteiger partial charge on any atom is 0.119 e. The smallest absolute Gasteiger partial charge is 0.119 e. The summed E-state index contributed by atoms with van der Waals surface area (Å²) in [5.41, 5.74) is 1.22. The first-order chi connectivity index (χ1) is 9.22. The Hall–Kier alpha value is -0.810. The fourth-order valence-corrected chi connectivity index (χ4v) is 1.62. The van der Waals surface area contributed by atoms with Gasteiger partial charge in [-0.05, 0) is 44.5 Å². The molecule has 0 saturated heterocycles. The Bertz CT molecular complexity index is 330. The molecule has 0 bridgehead atoms. The van der Waals surface area contributed by atoms with Gasteiger partial charge in [0, 0.05) is 13.2 Å². The first-order valence-electron chi connectivity index (χ1n) is 6.87. The van der Waals surface area contributed by atoms with Crippen LogP contribution < -0.4 is 10.1 Å². The van der Waals surface area contributed by atoms with Crippen LogP contribution in [0, 0.1) is 0 Å². The molecule has 0 heterocycles. The Morgan fingerprint density at radius 1 is 1.15 bits per heavy atom. The minimum absolute atomic E-state index is 0. The maximum atomic E-state index is 8.66. The van der Waals surface area contributed by atoms with Crippen LogP contribution in [0.15, 0.2) is 24.3 Å². The number of benzene rings is 1. The monoisotopic (exact) mass is 303 g/mol. The fraction of sp³-hybridized carbons (Fsp3) is 0.600. The summed E-state index contributed by atoms with van der Waals surface area (Å²) in [5, 5.41) is 12.0.